The quantitative estimate of drug-likeness (QED) is 0.712. The molecule has 1 aliphatic heterocycles. The molecular formula is C13H21NO3. The van der Waals surface area contributed by atoms with Crippen molar-refractivity contribution in [3.05, 3.63) is 23.7 Å². The van der Waals surface area contributed by atoms with Gasteiger partial charge in [-0.25, -0.2) is 0 Å². The maximum Gasteiger partial charge on any atom is 0.129 e. The predicted molar refractivity (Wildman–Crippen MR) is 64.8 cm³/mol. The topological polar surface area (TPSA) is 34.8 Å². The number of morpholine rings is 1. The van der Waals surface area contributed by atoms with Crippen LogP contribution in [-0.2, 0) is 22.6 Å². The van der Waals surface area contributed by atoms with Crippen LogP contribution >= 0.6 is 0 Å². The summed E-state index contributed by atoms with van der Waals surface area (Å²) in [5.41, 5.74) is 0. The minimum atomic E-state index is 0.580. The Hall–Kier alpha value is -0.840. The van der Waals surface area contributed by atoms with Crippen molar-refractivity contribution >= 4 is 0 Å². The van der Waals surface area contributed by atoms with Crippen LogP contribution in [0.15, 0.2) is 16.5 Å². The van der Waals surface area contributed by atoms with Gasteiger partial charge in [0.15, 0.2) is 0 Å². The molecule has 1 aliphatic rings. The molecule has 4 nitrogen and oxygen atoms in total. The highest BCUT2D eigenvalue weighted by Gasteiger charge is 2.12. The molecule has 0 atom stereocenters. The fourth-order valence-corrected chi connectivity index (χ4v) is 1.88. The highest BCUT2D eigenvalue weighted by molar-refractivity contribution is 5.06. The van der Waals surface area contributed by atoms with Gasteiger partial charge in [-0.05, 0) is 18.6 Å². The molecule has 2 rings (SSSR count). The van der Waals surface area contributed by atoms with Gasteiger partial charge in [0.2, 0.25) is 0 Å². The Morgan fingerprint density at radius 3 is 2.76 bits per heavy atom. The zero-order valence-electron chi connectivity index (χ0n) is 10.5. The summed E-state index contributed by atoms with van der Waals surface area (Å²) in [5, 5.41) is 0. The second-order valence-corrected chi connectivity index (χ2v) is 4.31. The molecule has 4 heteroatoms. The molecule has 1 aromatic heterocycles. The summed E-state index contributed by atoms with van der Waals surface area (Å²) < 4.78 is 16.5. The van der Waals surface area contributed by atoms with E-state index in [0.29, 0.717) is 6.61 Å². The number of hydrogen-bond acceptors (Lipinski definition) is 4. The summed E-state index contributed by atoms with van der Waals surface area (Å²) in [6.45, 7) is 7.98. The summed E-state index contributed by atoms with van der Waals surface area (Å²) in [6, 6.07) is 4.05. The van der Waals surface area contributed by atoms with Crippen molar-refractivity contribution < 1.29 is 13.9 Å². The lowest BCUT2D eigenvalue weighted by molar-refractivity contribution is 0.0306. The average molecular weight is 239 g/mol. The van der Waals surface area contributed by atoms with Crippen molar-refractivity contribution in [2.45, 2.75) is 26.5 Å². The number of ether oxygens (including phenoxy) is 2. The van der Waals surface area contributed by atoms with Crippen LogP contribution in [0, 0.1) is 0 Å². The van der Waals surface area contributed by atoms with Gasteiger partial charge in [0.25, 0.3) is 0 Å². The van der Waals surface area contributed by atoms with Crippen LogP contribution in [0.4, 0.5) is 0 Å². The number of furan rings is 1. The molecule has 96 valence electrons. The Balaban J connectivity index is 1.76. The van der Waals surface area contributed by atoms with E-state index in [1.165, 1.54) is 0 Å². The third-order valence-corrected chi connectivity index (χ3v) is 2.79. The Morgan fingerprint density at radius 1 is 1.24 bits per heavy atom. The van der Waals surface area contributed by atoms with E-state index in [1.54, 1.807) is 0 Å². The summed E-state index contributed by atoms with van der Waals surface area (Å²) in [5.74, 6) is 1.93. The third kappa shape index (κ3) is 4.15. The molecule has 1 saturated heterocycles. The van der Waals surface area contributed by atoms with E-state index in [0.717, 1.165) is 57.4 Å². The van der Waals surface area contributed by atoms with E-state index in [4.69, 9.17) is 13.9 Å². The molecule has 2 heterocycles. The van der Waals surface area contributed by atoms with Crippen molar-refractivity contribution in [3.63, 3.8) is 0 Å². The number of rotatable bonds is 6. The molecule has 0 aromatic carbocycles. The van der Waals surface area contributed by atoms with Crippen molar-refractivity contribution in [1.29, 1.82) is 0 Å². The molecule has 17 heavy (non-hydrogen) atoms. The Labute approximate surface area is 102 Å². The largest absolute Gasteiger partial charge is 0.462 e. The molecule has 0 bridgehead atoms. The Morgan fingerprint density at radius 2 is 2.00 bits per heavy atom. The van der Waals surface area contributed by atoms with Crippen molar-refractivity contribution in [1.82, 2.24) is 4.90 Å². The van der Waals surface area contributed by atoms with Gasteiger partial charge in [0.1, 0.15) is 18.1 Å². The fraction of sp³-hybridized carbons (Fsp3) is 0.692. The van der Waals surface area contributed by atoms with Crippen LogP contribution in [0.5, 0.6) is 0 Å². The van der Waals surface area contributed by atoms with Crippen LogP contribution in [-0.4, -0.2) is 37.8 Å². The second kappa shape index (κ2) is 6.79. The summed E-state index contributed by atoms with van der Waals surface area (Å²) in [7, 11) is 0. The normalized spacial score (nSPS) is 17.5. The maximum absolute atomic E-state index is 5.73. The average Bonchev–Trinajstić information content (AvgIpc) is 2.79. The van der Waals surface area contributed by atoms with Crippen LogP contribution in [0.2, 0.25) is 0 Å². The zero-order chi connectivity index (χ0) is 11.9. The Kier molecular flexibility index (Phi) is 5.04. The number of hydrogen-bond donors (Lipinski definition) is 0. The van der Waals surface area contributed by atoms with E-state index in [2.05, 4.69) is 11.8 Å². The van der Waals surface area contributed by atoms with Gasteiger partial charge < -0.3 is 13.9 Å². The van der Waals surface area contributed by atoms with Crippen molar-refractivity contribution in [2.75, 3.05) is 32.9 Å². The second-order valence-electron chi connectivity index (χ2n) is 4.31. The SMILES string of the molecule is CCCOCc1ccc(CN2CCOCC2)o1. The van der Waals surface area contributed by atoms with Gasteiger partial charge in [-0.2, -0.15) is 0 Å². The van der Waals surface area contributed by atoms with Crippen LogP contribution in [0.25, 0.3) is 0 Å². The lowest BCUT2D eigenvalue weighted by atomic mass is 10.3. The van der Waals surface area contributed by atoms with E-state index >= 15 is 0 Å². The molecule has 0 radical (unpaired) electrons. The van der Waals surface area contributed by atoms with E-state index < -0.39 is 0 Å². The predicted octanol–water partition coefficient (Wildman–Crippen LogP) is 2.04. The van der Waals surface area contributed by atoms with Gasteiger partial charge in [0.05, 0.1) is 19.8 Å². The summed E-state index contributed by atoms with van der Waals surface area (Å²) >= 11 is 0. The first-order chi connectivity index (χ1) is 8.38. The van der Waals surface area contributed by atoms with Gasteiger partial charge in [-0.15, -0.1) is 0 Å². The van der Waals surface area contributed by atoms with Gasteiger partial charge in [0, 0.05) is 19.7 Å². The van der Waals surface area contributed by atoms with E-state index in [-0.39, 0.29) is 0 Å². The highest BCUT2D eigenvalue weighted by Crippen LogP contribution is 2.12. The fourth-order valence-electron chi connectivity index (χ4n) is 1.88. The third-order valence-electron chi connectivity index (χ3n) is 2.79. The first kappa shape index (κ1) is 12.6. The van der Waals surface area contributed by atoms with Crippen LogP contribution in [0.3, 0.4) is 0 Å². The minimum Gasteiger partial charge on any atom is -0.462 e. The highest BCUT2D eigenvalue weighted by atomic mass is 16.5. The first-order valence-electron chi connectivity index (χ1n) is 6.34. The summed E-state index contributed by atoms with van der Waals surface area (Å²) in [4.78, 5) is 2.35. The van der Waals surface area contributed by atoms with Crippen molar-refractivity contribution in [3.8, 4) is 0 Å². The van der Waals surface area contributed by atoms with E-state index in [9.17, 15) is 0 Å². The maximum atomic E-state index is 5.73. The first-order valence-corrected chi connectivity index (χ1v) is 6.34. The molecule has 0 unspecified atom stereocenters. The standard InChI is InChI=1S/C13H21NO3/c1-2-7-16-11-13-4-3-12(17-13)10-14-5-8-15-9-6-14/h3-4H,2,5-11H2,1H3. The molecular weight excluding hydrogens is 218 g/mol. The van der Waals surface area contributed by atoms with Gasteiger partial charge in [-0.3, -0.25) is 4.90 Å². The van der Waals surface area contributed by atoms with Gasteiger partial charge >= 0.3 is 0 Å². The molecule has 0 aliphatic carbocycles. The molecule has 1 fully saturated rings. The molecule has 1 aromatic rings. The van der Waals surface area contributed by atoms with Crippen molar-refractivity contribution in [2.24, 2.45) is 0 Å². The zero-order valence-corrected chi connectivity index (χ0v) is 10.5. The smallest absolute Gasteiger partial charge is 0.129 e. The van der Waals surface area contributed by atoms with Crippen LogP contribution in [0.1, 0.15) is 24.9 Å². The lowest BCUT2D eigenvalue weighted by Crippen LogP contribution is -2.35. The van der Waals surface area contributed by atoms with E-state index in [1.807, 2.05) is 12.1 Å². The molecule has 0 spiro atoms. The van der Waals surface area contributed by atoms with Gasteiger partial charge in [-0.1, -0.05) is 6.92 Å². The lowest BCUT2D eigenvalue weighted by Gasteiger charge is -2.25. The monoisotopic (exact) mass is 239 g/mol. The minimum absolute atomic E-state index is 0.580. The van der Waals surface area contributed by atoms with Crippen LogP contribution < -0.4 is 0 Å². The Bertz CT molecular complexity index is 318. The molecule has 0 amide bonds. The number of nitrogens with zero attached hydrogens (tertiary/aromatic N) is 1. The molecule has 0 saturated carbocycles. The summed E-state index contributed by atoms with van der Waals surface area (Å²) in [6.07, 6.45) is 1.04. The molecule has 0 N–H and O–H groups in total.